The fraction of sp³-hybridized carbons (Fsp3) is 0.312. The fourth-order valence-corrected chi connectivity index (χ4v) is 1.93. The summed E-state index contributed by atoms with van der Waals surface area (Å²) in [6.45, 7) is 12.2. The molecule has 90 valence electrons. The van der Waals surface area contributed by atoms with Gasteiger partial charge in [-0.05, 0) is 44.4 Å². The van der Waals surface area contributed by atoms with Gasteiger partial charge >= 0.3 is 0 Å². The number of aryl methyl sites for hydroxylation is 1. The van der Waals surface area contributed by atoms with E-state index in [0.717, 1.165) is 12.1 Å². The van der Waals surface area contributed by atoms with Crippen molar-refractivity contribution in [1.29, 1.82) is 0 Å². The van der Waals surface area contributed by atoms with Crippen LogP contribution < -0.4 is 0 Å². The highest BCUT2D eigenvalue weighted by Crippen LogP contribution is 2.28. The first-order valence-corrected chi connectivity index (χ1v) is 6.02. The lowest BCUT2D eigenvalue weighted by molar-refractivity contribution is 1.13. The van der Waals surface area contributed by atoms with Gasteiger partial charge < -0.3 is 0 Å². The van der Waals surface area contributed by atoms with Crippen LogP contribution in [0.5, 0.6) is 0 Å². The van der Waals surface area contributed by atoms with E-state index in [1.54, 1.807) is 0 Å². The molecule has 1 aromatic heterocycles. The Morgan fingerprint density at radius 3 is 2.47 bits per heavy atom. The Bertz CT molecular complexity index is 443. The molecular formula is C16H21N. The molecule has 0 spiro atoms. The van der Waals surface area contributed by atoms with E-state index in [-0.39, 0.29) is 0 Å². The van der Waals surface area contributed by atoms with Gasteiger partial charge in [0.2, 0.25) is 0 Å². The molecule has 1 rings (SSSR count). The van der Waals surface area contributed by atoms with Crippen molar-refractivity contribution in [3.63, 3.8) is 0 Å². The lowest BCUT2D eigenvalue weighted by Gasteiger charge is -2.13. The molecule has 0 aromatic carbocycles. The average molecular weight is 227 g/mol. The smallest absolute Gasteiger partial charge is 0.0373 e. The molecule has 0 saturated heterocycles. The van der Waals surface area contributed by atoms with E-state index in [4.69, 9.17) is 0 Å². The van der Waals surface area contributed by atoms with Crippen molar-refractivity contribution in [3.05, 3.63) is 59.5 Å². The quantitative estimate of drug-likeness (QED) is 0.679. The summed E-state index contributed by atoms with van der Waals surface area (Å²) in [7, 11) is 0. The zero-order valence-electron chi connectivity index (χ0n) is 11.2. The molecule has 1 heterocycles. The van der Waals surface area contributed by atoms with Gasteiger partial charge in [-0.25, -0.2) is 0 Å². The minimum Gasteiger partial charge on any atom is -0.261 e. The summed E-state index contributed by atoms with van der Waals surface area (Å²) in [6, 6.07) is 4.19. The monoisotopic (exact) mass is 227 g/mol. The molecule has 17 heavy (non-hydrogen) atoms. The molecule has 0 aliphatic carbocycles. The van der Waals surface area contributed by atoms with Crippen LogP contribution in [0.2, 0.25) is 0 Å². The molecular weight excluding hydrogens is 206 g/mol. The first-order valence-electron chi connectivity index (χ1n) is 6.02. The Kier molecular flexibility index (Phi) is 4.89. The first-order chi connectivity index (χ1) is 8.10. The highest BCUT2D eigenvalue weighted by Gasteiger charge is 2.08. The van der Waals surface area contributed by atoms with Gasteiger partial charge in [0.15, 0.2) is 0 Å². The summed E-state index contributed by atoms with van der Waals surface area (Å²) in [5.74, 6) is 0. The van der Waals surface area contributed by atoms with Gasteiger partial charge in [-0.15, -0.1) is 0 Å². The first kappa shape index (κ1) is 13.4. The summed E-state index contributed by atoms with van der Waals surface area (Å²) >= 11 is 0. The molecule has 0 unspecified atom stereocenters. The maximum absolute atomic E-state index is 4.37. The number of hydrogen-bond acceptors (Lipinski definition) is 1. The largest absolute Gasteiger partial charge is 0.261 e. The Morgan fingerprint density at radius 1 is 1.35 bits per heavy atom. The predicted molar refractivity (Wildman–Crippen MR) is 75.8 cm³/mol. The van der Waals surface area contributed by atoms with Crippen molar-refractivity contribution in [2.75, 3.05) is 0 Å². The molecule has 0 aliphatic rings. The van der Waals surface area contributed by atoms with Crippen molar-refractivity contribution in [1.82, 2.24) is 4.98 Å². The number of nitrogens with zero attached hydrogens (tertiary/aromatic N) is 1. The van der Waals surface area contributed by atoms with Crippen molar-refractivity contribution in [2.45, 2.75) is 34.1 Å². The maximum atomic E-state index is 4.37. The van der Waals surface area contributed by atoms with Crippen molar-refractivity contribution < 1.29 is 0 Å². The van der Waals surface area contributed by atoms with Crippen LogP contribution in [0.1, 0.15) is 38.4 Å². The molecule has 1 nitrogen and oxygen atoms in total. The van der Waals surface area contributed by atoms with E-state index >= 15 is 0 Å². The van der Waals surface area contributed by atoms with Crippen LogP contribution in [0.15, 0.2) is 48.2 Å². The summed E-state index contributed by atoms with van der Waals surface area (Å²) < 4.78 is 0. The third-order valence-corrected chi connectivity index (χ3v) is 2.72. The number of hydrogen-bond donors (Lipinski definition) is 0. The zero-order valence-corrected chi connectivity index (χ0v) is 11.2. The van der Waals surface area contributed by atoms with Gasteiger partial charge in [0.25, 0.3) is 0 Å². The van der Waals surface area contributed by atoms with Crippen LogP contribution in [0.3, 0.4) is 0 Å². The molecule has 1 heteroatoms. The Balaban J connectivity index is 3.29. The molecule has 0 aliphatic heterocycles. The molecule has 1 aromatic rings. The van der Waals surface area contributed by atoms with E-state index in [1.807, 2.05) is 19.2 Å². The van der Waals surface area contributed by atoms with Gasteiger partial charge in [0.05, 0.1) is 0 Å². The summed E-state index contributed by atoms with van der Waals surface area (Å²) in [6.07, 6.45) is 6.89. The highest BCUT2D eigenvalue weighted by molar-refractivity contribution is 5.80. The molecule has 0 fully saturated rings. The standard InChI is InChI=1S/C16H21N/c1-6-8-14(7-2)16(12(3)4)15-10-9-13(5)17-11-15/h6,8-11H,1,7H2,2-5H3/b14-8+. The predicted octanol–water partition coefficient (Wildman–Crippen LogP) is 4.71. The van der Waals surface area contributed by atoms with Gasteiger partial charge in [-0.1, -0.05) is 37.3 Å². The summed E-state index contributed by atoms with van der Waals surface area (Å²) in [5, 5.41) is 0. The molecule has 0 radical (unpaired) electrons. The number of allylic oxidation sites excluding steroid dienone is 5. The SMILES string of the molecule is C=C/C=C(\CC)C(=C(C)C)c1ccc(C)nc1. The second-order valence-electron chi connectivity index (χ2n) is 4.34. The lowest BCUT2D eigenvalue weighted by Crippen LogP contribution is -1.94. The highest BCUT2D eigenvalue weighted by atomic mass is 14.7. The topological polar surface area (TPSA) is 12.9 Å². The maximum Gasteiger partial charge on any atom is 0.0373 e. The lowest BCUT2D eigenvalue weighted by atomic mass is 9.93. The molecule has 0 bridgehead atoms. The van der Waals surface area contributed by atoms with Crippen LogP contribution in [0, 0.1) is 6.92 Å². The van der Waals surface area contributed by atoms with Crippen LogP contribution in [0.4, 0.5) is 0 Å². The van der Waals surface area contributed by atoms with Crippen LogP contribution in [-0.4, -0.2) is 4.98 Å². The van der Waals surface area contributed by atoms with Gasteiger partial charge in [-0.3, -0.25) is 4.98 Å². The normalized spacial score (nSPS) is 11.2. The summed E-state index contributed by atoms with van der Waals surface area (Å²) in [4.78, 5) is 4.37. The third-order valence-electron chi connectivity index (χ3n) is 2.72. The molecule has 0 N–H and O–H groups in total. The number of rotatable bonds is 4. The Labute approximate surface area is 105 Å². The Hall–Kier alpha value is -1.63. The minimum atomic E-state index is 1.00. The van der Waals surface area contributed by atoms with Crippen LogP contribution >= 0.6 is 0 Å². The molecule has 0 saturated carbocycles. The van der Waals surface area contributed by atoms with Crippen molar-refractivity contribution >= 4 is 5.57 Å². The van der Waals surface area contributed by atoms with E-state index < -0.39 is 0 Å². The van der Waals surface area contributed by atoms with E-state index in [0.29, 0.717) is 0 Å². The van der Waals surface area contributed by atoms with Gasteiger partial charge in [0.1, 0.15) is 0 Å². The van der Waals surface area contributed by atoms with E-state index in [2.05, 4.69) is 50.5 Å². The Morgan fingerprint density at radius 2 is 2.06 bits per heavy atom. The fourth-order valence-electron chi connectivity index (χ4n) is 1.93. The molecule has 0 atom stereocenters. The third kappa shape index (κ3) is 3.42. The van der Waals surface area contributed by atoms with Crippen molar-refractivity contribution in [2.24, 2.45) is 0 Å². The number of pyridine rings is 1. The van der Waals surface area contributed by atoms with Crippen LogP contribution in [0.25, 0.3) is 5.57 Å². The van der Waals surface area contributed by atoms with Crippen LogP contribution in [-0.2, 0) is 0 Å². The summed E-state index contributed by atoms with van der Waals surface area (Å²) in [5.41, 5.74) is 6.15. The molecule has 0 amide bonds. The van der Waals surface area contributed by atoms with E-state index in [1.165, 1.54) is 22.3 Å². The second-order valence-corrected chi connectivity index (χ2v) is 4.34. The zero-order chi connectivity index (χ0) is 12.8. The minimum absolute atomic E-state index is 1.00. The van der Waals surface area contributed by atoms with Crippen molar-refractivity contribution in [3.8, 4) is 0 Å². The van der Waals surface area contributed by atoms with Gasteiger partial charge in [-0.2, -0.15) is 0 Å². The second kappa shape index (κ2) is 6.19. The van der Waals surface area contributed by atoms with E-state index in [9.17, 15) is 0 Å². The van der Waals surface area contributed by atoms with Gasteiger partial charge in [0, 0.05) is 17.5 Å². The average Bonchev–Trinajstić information content (AvgIpc) is 2.30. The number of aromatic nitrogens is 1.